The molecule has 98 valence electrons. The first-order valence-corrected chi connectivity index (χ1v) is 5.61. The van der Waals surface area contributed by atoms with Crippen molar-refractivity contribution in [2.75, 3.05) is 7.11 Å². The number of pyridine rings is 1. The van der Waals surface area contributed by atoms with Crippen LogP contribution in [0.3, 0.4) is 0 Å². The first-order chi connectivity index (χ1) is 9.02. The molecule has 0 spiro atoms. The van der Waals surface area contributed by atoms with Gasteiger partial charge in [-0.1, -0.05) is 11.6 Å². The number of methoxy groups -OCH3 is 1. The Morgan fingerprint density at radius 3 is 2.68 bits per heavy atom. The number of aromatic amines is 1. The Labute approximate surface area is 112 Å². The topological polar surface area (TPSA) is 85.2 Å². The second-order valence-corrected chi connectivity index (χ2v) is 4.13. The summed E-state index contributed by atoms with van der Waals surface area (Å²) >= 11 is 5.86. The van der Waals surface area contributed by atoms with Crippen molar-refractivity contribution in [2.45, 2.75) is 0 Å². The minimum absolute atomic E-state index is 0.145. The molecule has 0 fully saturated rings. The molecule has 0 saturated heterocycles. The summed E-state index contributed by atoms with van der Waals surface area (Å²) in [6.07, 6.45) is 1.35. The summed E-state index contributed by atoms with van der Waals surface area (Å²) in [5.74, 6) is 0.324. The summed E-state index contributed by atoms with van der Waals surface area (Å²) < 4.78 is 5.09. The number of benzene rings is 1. The number of halogens is 1. The second kappa shape index (κ2) is 5.11. The van der Waals surface area contributed by atoms with Crippen molar-refractivity contribution < 1.29 is 9.66 Å². The van der Waals surface area contributed by atoms with Crippen LogP contribution in [0.1, 0.15) is 0 Å². The summed E-state index contributed by atoms with van der Waals surface area (Å²) in [7, 11) is 1.41. The van der Waals surface area contributed by atoms with Gasteiger partial charge in [-0.25, -0.2) is 0 Å². The average Bonchev–Trinajstić information content (AvgIpc) is 2.38. The van der Waals surface area contributed by atoms with Gasteiger partial charge in [0.2, 0.25) is 5.56 Å². The van der Waals surface area contributed by atoms with Gasteiger partial charge in [0.1, 0.15) is 5.75 Å². The van der Waals surface area contributed by atoms with E-state index in [0.29, 0.717) is 16.3 Å². The van der Waals surface area contributed by atoms with Gasteiger partial charge in [-0.3, -0.25) is 14.9 Å². The van der Waals surface area contributed by atoms with Gasteiger partial charge in [0.25, 0.3) is 5.69 Å². The Kier molecular flexibility index (Phi) is 3.52. The Hall–Kier alpha value is -2.34. The number of aromatic nitrogens is 1. The molecule has 0 saturated carbocycles. The van der Waals surface area contributed by atoms with Crippen molar-refractivity contribution in [3.63, 3.8) is 0 Å². The third-order valence-corrected chi connectivity index (χ3v) is 2.79. The first-order valence-electron chi connectivity index (χ1n) is 5.24. The van der Waals surface area contributed by atoms with Crippen LogP contribution in [0.5, 0.6) is 5.75 Å². The monoisotopic (exact) mass is 280 g/mol. The normalized spacial score (nSPS) is 10.2. The molecule has 2 rings (SSSR count). The van der Waals surface area contributed by atoms with Crippen molar-refractivity contribution in [1.29, 1.82) is 0 Å². The number of nitro groups is 1. The van der Waals surface area contributed by atoms with Gasteiger partial charge in [0, 0.05) is 28.9 Å². The van der Waals surface area contributed by atoms with Gasteiger partial charge in [-0.2, -0.15) is 0 Å². The van der Waals surface area contributed by atoms with Crippen LogP contribution in [0.4, 0.5) is 5.69 Å². The molecular formula is C12H9ClN2O4. The van der Waals surface area contributed by atoms with Gasteiger partial charge in [-0.05, 0) is 12.1 Å². The lowest BCUT2D eigenvalue weighted by molar-refractivity contribution is -0.384. The van der Waals surface area contributed by atoms with E-state index in [9.17, 15) is 14.9 Å². The van der Waals surface area contributed by atoms with Crippen LogP contribution < -0.4 is 10.3 Å². The predicted octanol–water partition coefficient (Wildman–Crippen LogP) is 2.61. The largest absolute Gasteiger partial charge is 0.495 e. The Bertz CT molecular complexity index is 696. The molecule has 1 aromatic heterocycles. The van der Waals surface area contributed by atoms with Gasteiger partial charge >= 0.3 is 0 Å². The number of hydrogen-bond donors (Lipinski definition) is 1. The Balaban J connectivity index is 2.77. The molecule has 0 amide bonds. The molecule has 0 aliphatic rings. The molecule has 7 heteroatoms. The number of rotatable bonds is 3. The van der Waals surface area contributed by atoms with Crippen molar-refractivity contribution in [2.24, 2.45) is 0 Å². The van der Waals surface area contributed by atoms with E-state index in [4.69, 9.17) is 16.3 Å². The highest BCUT2D eigenvalue weighted by molar-refractivity contribution is 6.31. The van der Waals surface area contributed by atoms with Crippen LogP contribution in [0, 0.1) is 10.1 Å². The highest BCUT2D eigenvalue weighted by Gasteiger charge is 2.19. The molecule has 6 nitrogen and oxygen atoms in total. The predicted molar refractivity (Wildman–Crippen MR) is 70.7 cm³/mol. The van der Waals surface area contributed by atoms with Crippen LogP contribution in [0.15, 0.2) is 35.3 Å². The molecule has 0 atom stereocenters. The number of hydrogen-bond acceptors (Lipinski definition) is 4. The molecule has 2 aromatic rings. The zero-order valence-electron chi connectivity index (χ0n) is 9.84. The quantitative estimate of drug-likeness (QED) is 0.692. The third-order valence-electron chi connectivity index (χ3n) is 2.55. The zero-order chi connectivity index (χ0) is 14.0. The van der Waals surface area contributed by atoms with E-state index in [1.165, 1.54) is 37.6 Å². The highest BCUT2D eigenvalue weighted by atomic mass is 35.5. The maximum Gasteiger partial charge on any atom is 0.277 e. The molecule has 0 radical (unpaired) electrons. The van der Waals surface area contributed by atoms with Crippen LogP contribution >= 0.6 is 11.6 Å². The van der Waals surface area contributed by atoms with Gasteiger partial charge in [0.05, 0.1) is 17.6 Å². The van der Waals surface area contributed by atoms with Crippen LogP contribution in [-0.2, 0) is 0 Å². The standard InChI is InChI=1S/C12H9ClN2O4/c1-19-11-6-14-12(16)5-9(11)8-4-7(13)2-3-10(8)15(17)18/h2-6H,1H3,(H,14,16). The molecule has 1 heterocycles. The molecular weight excluding hydrogens is 272 g/mol. The van der Waals surface area contributed by atoms with Crippen molar-refractivity contribution >= 4 is 17.3 Å². The van der Waals surface area contributed by atoms with E-state index < -0.39 is 4.92 Å². The lowest BCUT2D eigenvalue weighted by atomic mass is 10.0. The fourth-order valence-corrected chi connectivity index (χ4v) is 1.89. The second-order valence-electron chi connectivity index (χ2n) is 3.70. The third kappa shape index (κ3) is 2.58. The van der Waals surface area contributed by atoms with Crippen molar-refractivity contribution in [3.05, 3.63) is 56.0 Å². The molecule has 0 unspecified atom stereocenters. The fourth-order valence-electron chi connectivity index (χ4n) is 1.72. The molecule has 1 N–H and O–H groups in total. The molecule has 0 bridgehead atoms. The van der Waals surface area contributed by atoms with Crippen molar-refractivity contribution in [1.82, 2.24) is 4.98 Å². The minimum Gasteiger partial charge on any atom is -0.495 e. The summed E-state index contributed by atoms with van der Waals surface area (Å²) in [4.78, 5) is 24.3. The first kappa shape index (κ1) is 13.1. The molecule has 0 aliphatic heterocycles. The Morgan fingerprint density at radius 1 is 1.32 bits per heavy atom. The van der Waals surface area contributed by atoms with E-state index in [1.807, 2.05) is 0 Å². The van der Waals surface area contributed by atoms with E-state index >= 15 is 0 Å². The Morgan fingerprint density at radius 2 is 2.05 bits per heavy atom. The van der Waals surface area contributed by atoms with Gasteiger partial charge in [-0.15, -0.1) is 0 Å². The SMILES string of the molecule is COc1c[nH]c(=O)cc1-c1cc(Cl)ccc1[N+](=O)[O-]. The van der Waals surface area contributed by atoms with Crippen molar-refractivity contribution in [3.8, 4) is 16.9 Å². The molecule has 19 heavy (non-hydrogen) atoms. The number of H-pyrrole nitrogens is 1. The van der Waals surface area contributed by atoms with E-state index in [1.54, 1.807) is 0 Å². The minimum atomic E-state index is -0.535. The number of ether oxygens (including phenoxy) is 1. The number of nitro benzene ring substituents is 1. The maximum absolute atomic E-state index is 11.4. The smallest absolute Gasteiger partial charge is 0.277 e. The zero-order valence-corrected chi connectivity index (χ0v) is 10.6. The van der Waals surface area contributed by atoms with Gasteiger partial charge < -0.3 is 9.72 Å². The number of nitrogens with zero attached hydrogens (tertiary/aromatic N) is 1. The van der Waals surface area contributed by atoms with Crippen LogP contribution in [-0.4, -0.2) is 17.0 Å². The van der Waals surface area contributed by atoms with E-state index in [-0.39, 0.29) is 16.8 Å². The number of nitrogens with one attached hydrogen (secondary N) is 1. The van der Waals surface area contributed by atoms with Crippen LogP contribution in [0.2, 0.25) is 5.02 Å². The lowest BCUT2D eigenvalue weighted by Gasteiger charge is -2.08. The molecule has 0 aliphatic carbocycles. The van der Waals surface area contributed by atoms with E-state index in [2.05, 4.69) is 4.98 Å². The molecule has 1 aromatic carbocycles. The van der Waals surface area contributed by atoms with E-state index in [0.717, 1.165) is 0 Å². The highest BCUT2D eigenvalue weighted by Crippen LogP contribution is 2.36. The maximum atomic E-state index is 11.4. The fraction of sp³-hybridized carbons (Fsp3) is 0.0833. The summed E-state index contributed by atoms with van der Waals surface area (Å²) in [5.41, 5.74) is 0.0271. The summed E-state index contributed by atoms with van der Waals surface area (Å²) in [6.45, 7) is 0. The van der Waals surface area contributed by atoms with Crippen LogP contribution in [0.25, 0.3) is 11.1 Å². The lowest BCUT2D eigenvalue weighted by Crippen LogP contribution is -2.05. The average molecular weight is 281 g/mol. The summed E-state index contributed by atoms with van der Waals surface area (Å²) in [6, 6.07) is 5.37. The van der Waals surface area contributed by atoms with Gasteiger partial charge in [0.15, 0.2) is 0 Å². The summed E-state index contributed by atoms with van der Waals surface area (Å²) in [5, 5.41) is 11.4.